The number of esters is 1. The predicted octanol–water partition coefficient (Wildman–Crippen LogP) is 6.10. The van der Waals surface area contributed by atoms with E-state index in [1.807, 2.05) is 6.92 Å². The van der Waals surface area contributed by atoms with E-state index >= 15 is 0 Å². The number of hydrogen-bond donors (Lipinski definition) is 1. The summed E-state index contributed by atoms with van der Waals surface area (Å²) in [6.45, 7) is 5.32. The largest absolute Gasteiger partial charge is 0.481 e. The summed E-state index contributed by atoms with van der Waals surface area (Å²) in [5.74, 6) is -0.836. The summed E-state index contributed by atoms with van der Waals surface area (Å²) in [4.78, 5) is 25.4. The molecular weight excluding hydrogens is 441 g/mol. The minimum Gasteiger partial charge on any atom is -0.481 e. The molecule has 0 unspecified atom stereocenters. The number of carbonyl (C=O) groups excluding carboxylic acids is 2. The van der Waals surface area contributed by atoms with Gasteiger partial charge in [0.05, 0.1) is 6.61 Å². The molecule has 0 bridgehead atoms. The molecule has 5 nitrogen and oxygen atoms in total. The zero-order valence-electron chi connectivity index (χ0n) is 17.2. The summed E-state index contributed by atoms with van der Waals surface area (Å²) in [6.07, 6.45) is -0.828. The number of nitrogens with one attached hydrogen (secondary N) is 1. The highest BCUT2D eigenvalue weighted by Crippen LogP contribution is 2.36. The molecule has 1 atom stereocenters. The highest BCUT2D eigenvalue weighted by Gasteiger charge is 2.25. The minimum atomic E-state index is -0.828. The Morgan fingerprint density at radius 1 is 1.19 bits per heavy atom. The lowest BCUT2D eigenvalue weighted by Gasteiger charge is -2.16. The quantitative estimate of drug-likeness (QED) is 0.432. The van der Waals surface area contributed by atoms with Crippen LogP contribution in [-0.2, 0) is 9.53 Å². The van der Waals surface area contributed by atoms with Crippen LogP contribution < -0.4 is 10.1 Å². The summed E-state index contributed by atoms with van der Waals surface area (Å²) < 4.78 is 24.2. The van der Waals surface area contributed by atoms with E-state index in [0.717, 1.165) is 5.56 Å². The van der Waals surface area contributed by atoms with Gasteiger partial charge in [0.15, 0.2) is 6.10 Å². The van der Waals surface area contributed by atoms with Gasteiger partial charge in [0.1, 0.15) is 22.1 Å². The molecule has 0 aliphatic rings. The van der Waals surface area contributed by atoms with E-state index in [-0.39, 0.29) is 18.0 Å². The Morgan fingerprint density at radius 3 is 2.55 bits per heavy atom. The van der Waals surface area contributed by atoms with Crippen molar-refractivity contribution < 1.29 is 23.5 Å². The molecule has 0 saturated carbocycles. The second-order valence-corrected chi connectivity index (χ2v) is 8.06. The summed E-state index contributed by atoms with van der Waals surface area (Å²) in [7, 11) is 0. The first kappa shape index (κ1) is 22.8. The van der Waals surface area contributed by atoms with Crippen LogP contribution in [0.15, 0.2) is 47.8 Å². The molecule has 0 fully saturated rings. The standard InChI is InChI=1S/C23H21ClFNO4S/c1-4-29-23(28)20-18(15-5-8-17(25)9-6-15)12-31-22(20)26-21(27)14(3)30-19-10-7-16(24)11-13(19)2/h5-12,14H,4H2,1-3H3,(H,26,27)/t14-/m0/s1. The zero-order valence-corrected chi connectivity index (χ0v) is 18.8. The number of aryl methyl sites for hydroxylation is 1. The third-order valence-corrected chi connectivity index (χ3v) is 5.60. The van der Waals surface area contributed by atoms with Crippen LogP contribution in [0.5, 0.6) is 5.75 Å². The highest BCUT2D eigenvalue weighted by atomic mass is 35.5. The normalized spacial score (nSPS) is 11.6. The van der Waals surface area contributed by atoms with Crippen LogP contribution in [0.3, 0.4) is 0 Å². The molecule has 0 aliphatic heterocycles. The third-order valence-electron chi connectivity index (χ3n) is 4.47. The monoisotopic (exact) mass is 461 g/mol. The van der Waals surface area contributed by atoms with Crippen LogP contribution in [0.2, 0.25) is 5.02 Å². The van der Waals surface area contributed by atoms with Crippen molar-refractivity contribution in [2.45, 2.75) is 26.9 Å². The number of carbonyl (C=O) groups is 2. The van der Waals surface area contributed by atoms with Crippen LogP contribution >= 0.6 is 22.9 Å². The van der Waals surface area contributed by atoms with E-state index in [0.29, 0.717) is 26.9 Å². The summed E-state index contributed by atoms with van der Waals surface area (Å²) in [5, 5.41) is 5.40. The number of amides is 1. The van der Waals surface area contributed by atoms with Gasteiger partial charge in [-0.05, 0) is 62.2 Å². The fraction of sp³-hybridized carbons (Fsp3) is 0.217. The SMILES string of the molecule is CCOC(=O)c1c(-c2ccc(F)cc2)csc1NC(=O)[C@H](C)Oc1ccc(Cl)cc1C. The lowest BCUT2D eigenvalue weighted by molar-refractivity contribution is -0.122. The van der Waals surface area contributed by atoms with Gasteiger partial charge in [-0.3, -0.25) is 4.79 Å². The number of benzene rings is 2. The van der Waals surface area contributed by atoms with E-state index in [4.69, 9.17) is 21.1 Å². The Balaban J connectivity index is 1.85. The van der Waals surface area contributed by atoms with Crippen LogP contribution in [0.1, 0.15) is 29.8 Å². The first-order valence-corrected chi connectivity index (χ1v) is 10.8. The first-order chi connectivity index (χ1) is 14.8. The molecule has 1 heterocycles. The van der Waals surface area contributed by atoms with Crippen molar-refractivity contribution >= 4 is 39.8 Å². The van der Waals surface area contributed by atoms with Gasteiger partial charge in [-0.1, -0.05) is 23.7 Å². The van der Waals surface area contributed by atoms with Gasteiger partial charge in [0.25, 0.3) is 5.91 Å². The van der Waals surface area contributed by atoms with Gasteiger partial charge < -0.3 is 14.8 Å². The maximum atomic E-state index is 13.3. The summed E-state index contributed by atoms with van der Waals surface area (Å²) in [5.41, 5.74) is 2.22. The van der Waals surface area contributed by atoms with E-state index < -0.39 is 18.0 Å². The molecule has 0 saturated heterocycles. The van der Waals surface area contributed by atoms with Crippen molar-refractivity contribution in [2.24, 2.45) is 0 Å². The van der Waals surface area contributed by atoms with Crippen molar-refractivity contribution in [3.63, 3.8) is 0 Å². The Morgan fingerprint density at radius 2 is 1.90 bits per heavy atom. The van der Waals surface area contributed by atoms with Gasteiger partial charge in [0.2, 0.25) is 0 Å². The average molecular weight is 462 g/mol. The van der Waals surface area contributed by atoms with Gasteiger partial charge in [-0.25, -0.2) is 9.18 Å². The maximum absolute atomic E-state index is 13.3. The molecule has 0 aliphatic carbocycles. The lowest BCUT2D eigenvalue weighted by Crippen LogP contribution is -2.30. The van der Waals surface area contributed by atoms with Gasteiger partial charge >= 0.3 is 5.97 Å². The molecule has 0 radical (unpaired) electrons. The number of rotatable bonds is 7. The molecule has 3 aromatic rings. The van der Waals surface area contributed by atoms with Crippen molar-refractivity contribution in [3.8, 4) is 16.9 Å². The number of hydrogen-bond acceptors (Lipinski definition) is 5. The van der Waals surface area contributed by atoms with Gasteiger partial charge in [0, 0.05) is 16.0 Å². The predicted molar refractivity (Wildman–Crippen MR) is 121 cm³/mol. The van der Waals surface area contributed by atoms with Crippen LogP contribution in [0.25, 0.3) is 11.1 Å². The fourth-order valence-electron chi connectivity index (χ4n) is 2.90. The van der Waals surface area contributed by atoms with Crippen LogP contribution in [0, 0.1) is 12.7 Å². The van der Waals surface area contributed by atoms with E-state index in [2.05, 4.69) is 5.32 Å². The van der Waals surface area contributed by atoms with Gasteiger partial charge in [-0.15, -0.1) is 11.3 Å². The molecule has 162 valence electrons. The molecule has 3 rings (SSSR count). The lowest BCUT2D eigenvalue weighted by atomic mass is 10.0. The topological polar surface area (TPSA) is 64.6 Å². The number of ether oxygens (including phenoxy) is 2. The average Bonchev–Trinajstić information content (AvgIpc) is 3.14. The summed E-state index contributed by atoms with van der Waals surface area (Å²) >= 11 is 7.15. The third kappa shape index (κ3) is 5.42. The Hall–Kier alpha value is -2.90. The molecule has 8 heteroatoms. The second-order valence-electron chi connectivity index (χ2n) is 6.74. The summed E-state index contributed by atoms with van der Waals surface area (Å²) in [6, 6.07) is 10.9. The Kier molecular flexibility index (Phi) is 7.30. The second kappa shape index (κ2) is 9.94. The van der Waals surface area contributed by atoms with Crippen LogP contribution in [0.4, 0.5) is 9.39 Å². The fourth-order valence-corrected chi connectivity index (χ4v) is 4.09. The zero-order chi connectivity index (χ0) is 22.5. The maximum Gasteiger partial charge on any atom is 0.341 e. The molecule has 0 spiro atoms. The van der Waals surface area contributed by atoms with E-state index in [1.165, 1.54) is 23.5 Å². The van der Waals surface area contributed by atoms with E-state index in [1.54, 1.807) is 49.6 Å². The van der Waals surface area contributed by atoms with Crippen LogP contribution in [-0.4, -0.2) is 24.6 Å². The van der Waals surface area contributed by atoms with Crippen molar-refractivity contribution in [1.29, 1.82) is 0 Å². The Bertz CT molecular complexity index is 1100. The van der Waals surface area contributed by atoms with Gasteiger partial charge in [-0.2, -0.15) is 0 Å². The van der Waals surface area contributed by atoms with E-state index in [9.17, 15) is 14.0 Å². The van der Waals surface area contributed by atoms with Crippen molar-refractivity contribution in [1.82, 2.24) is 0 Å². The van der Waals surface area contributed by atoms with Crippen molar-refractivity contribution in [2.75, 3.05) is 11.9 Å². The molecule has 1 amide bonds. The number of halogens is 2. The minimum absolute atomic E-state index is 0.181. The molecule has 1 aromatic heterocycles. The molecular formula is C23H21ClFNO4S. The molecule has 1 N–H and O–H groups in total. The highest BCUT2D eigenvalue weighted by molar-refractivity contribution is 7.15. The first-order valence-electron chi connectivity index (χ1n) is 9.58. The molecule has 31 heavy (non-hydrogen) atoms. The molecule has 2 aromatic carbocycles. The van der Waals surface area contributed by atoms with Crippen molar-refractivity contribution in [3.05, 3.63) is 69.8 Å². The number of thiophene rings is 1. The smallest absolute Gasteiger partial charge is 0.341 e. The Labute approximate surface area is 188 Å². The number of anilines is 1.